The van der Waals surface area contributed by atoms with Crippen molar-refractivity contribution in [1.29, 1.82) is 0 Å². The molecule has 0 radical (unpaired) electrons. The van der Waals surface area contributed by atoms with E-state index in [9.17, 15) is 13.2 Å². The van der Waals surface area contributed by atoms with E-state index in [2.05, 4.69) is 24.4 Å². The van der Waals surface area contributed by atoms with Crippen LogP contribution in [0.2, 0.25) is 0 Å². The molecular formula is C25H27N3O3S2. The zero-order chi connectivity index (χ0) is 23.8. The van der Waals surface area contributed by atoms with Gasteiger partial charge in [0.1, 0.15) is 6.54 Å². The van der Waals surface area contributed by atoms with Crippen LogP contribution in [-0.4, -0.2) is 33.3 Å². The number of thioether (sulfide) groups is 1. The van der Waals surface area contributed by atoms with Gasteiger partial charge in [0.05, 0.1) is 16.8 Å². The van der Waals surface area contributed by atoms with E-state index >= 15 is 0 Å². The molecule has 33 heavy (non-hydrogen) atoms. The highest BCUT2D eigenvalue weighted by atomic mass is 32.2. The molecule has 3 aromatic carbocycles. The highest BCUT2D eigenvalue weighted by molar-refractivity contribution is 7.98. The second-order valence-corrected chi connectivity index (χ2v) is 10.4. The van der Waals surface area contributed by atoms with E-state index in [-0.39, 0.29) is 4.90 Å². The van der Waals surface area contributed by atoms with Gasteiger partial charge in [-0.05, 0) is 59.7 Å². The summed E-state index contributed by atoms with van der Waals surface area (Å²) in [5, 5.41) is 3.98. The van der Waals surface area contributed by atoms with Crippen LogP contribution in [0.15, 0.2) is 93.8 Å². The summed E-state index contributed by atoms with van der Waals surface area (Å²) in [5.74, 6) is -0.236. The number of carbonyl (C=O) groups is 1. The standard InChI is InChI=1S/C25H27N3O3S2/c1-19(2)21-11-13-22(14-12-21)28(33(30,31)24-7-5-4-6-8-24)18-25(29)27-26-17-20-9-15-23(32-3)16-10-20/h4-17,19H,18H2,1-3H3,(H,27,29)/b26-17-. The van der Waals surface area contributed by atoms with Gasteiger partial charge in [0, 0.05) is 4.90 Å². The molecule has 0 atom stereocenters. The number of hydrogen-bond donors (Lipinski definition) is 1. The van der Waals surface area contributed by atoms with Crippen LogP contribution in [-0.2, 0) is 14.8 Å². The maximum Gasteiger partial charge on any atom is 0.264 e. The third-order valence-electron chi connectivity index (χ3n) is 4.98. The molecule has 0 aromatic heterocycles. The predicted molar refractivity (Wildman–Crippen MR) is 135 cm³/mol. The van der Waals surface area contributed by atoms with Crippen molar-refractivity contribution in [3.05, 3.63) is 90.0 Å². The van der Waals surface area contributed by atoms with Crippen molar-refractivity contribution in [2.75, 3.05) is 17.1 Å². The second kappa shape index (κ2) is 11.2. The molecule has 1 N–H and O–H groups in total. The number of hydrogen-bond acceptors (Lipinski definition) is 5. The normalized spacial score (nSPS) is 11.6. The second-order valence-electron chi connectivity index (χ2n) is 7.64. The van der Waals surface area contributed by atoms with Crippen LogP contribution in [0.1, 0.15) is 30.9 Å². The van der Waals surface area contributed by atoms with E-state index in [1.54, 1.807) is 42.1 Å². The third-order valence-corrected chi connectivity index (χ3v) is 7.52. The molecule has 0 unspecified atom stereocenters. The minimum Gasteiger partial charge on any atom is -0.271 e. The van der Waals surface area contributed by atoms with E-state index in [4.69, 9.17) is 0 Å². The lowest BCUT2D eigenvalue weighted by Gasteiger charge is -2.24. The summed E-state index contributed by atoms with van der Waals surface area (Å²) < 4.78 is 27.8. The molecule has 1 amide bonds. The first-order valence-corrected chi connectivity index (χ1v) is 13.1. The van der Waals surface area contributed by atoms with Gasteiger partial charge in [-0.2, -0.15) is 5.10 Å². The molecular weight excluding hydrogens is 454 g/mol. The Morgan fingerprint density at radius 2 is 1.64 bits per heavy atom. The number of sulfonamides is 1. The SMILES string of the molecule is CSc1ccc(/C=N\NC(=O)CN(c2ccc(C(C)C)cc2)S(=O)(=O)c2ccccc2)cc1. The number of hydrazone groups is 1. The van der Waals surface area contributed by atoms with E-state index in [1.165, 1.54) is 18.3 Å². The molecule has 0 aliphatic rings. The van der Waals surface area contributed by atoms with Crippen LogP contribution in [0.3, 0.4) is 0 Å². The van der Waals surface area contributed by atoms with Crippen LogP contribution in [0.5, 0.6) is 0 Å². The molecule has 3 rings (SSSR count). The zero-order valence-corrected chi connectivity index (χ0v) is 20.4. The van der Waals surface area contributed by atoms with Gasteiger partial charge in [-0.1, -0.05) is 56.3 Å². The van der Waals surface area contributed by atoms with Crippen molar-refractivity contribution >= 4 is 39.6 Å². The van der Waals surface area contributed by atoms with Gasteiger partial charge in [0.2, 0.25) is 0 Å². The van der Waals surface area contributed by atoms with Crippen molar-refractivity contribution in [3.8, 4) is 0 Å². The van der Waals surface area contributed by atoms with Gasteiger partial charge in [-0.3, -0.25) is 9.10 Å². The van der Waals surface area contributed by atoms with Crippen LogP contribution in [0, 0.1) is 0 Å². The van der Waals surface area contributed by atoms with Crippen molar-refractivity contribution in [2.24, 2.45) is 5.10 Å². The van der Waals surface area contributed by atoms with E-state index in [0.717, 1.165) is 20.3 Å². The summed E-state index contributed by atoms with van der Waals surface area (Å²) >= 11 is 1.64. The van der Waals surface area contributed by atoms with E-state index < -0.39 is 22.5 Å². The first kappa shape index (κ1) is 24.5. The lowest BCUT2D eigenvalue weighted by molar-refractivity contribution is -0.119. The molecule has 8 heteroatoms. The first-order valence-electron chi connectivity index (χ1n) is 10.4. The number of nitrogens with one attached hydrogen (secondary N) is 1. The quantitative estimate of drug-likeness (QED) is 0.268. The number of benzene rings is 3. The van der Waals surface area contributed by atoms with Gasteiger partial charge in [0.25, 0.3) is 15.9 Å². The Labute approximate surface area is 199 Å². The Balaban J connectivity index is 1.81. The van der Waals surface area contributed by atoms with Crippen LogP contribution in [0.25, 0.3) is 0 Å². The molecule has 0 fully saturated rings. The molecule has 0 spiro atoms. The average molecular weight is 482 g/mol. The Morgan fingerprint density at radius 3 is 2.21 bits per heavy atom. The number of rotatable bonds is 9. The minimum atomic E-state index is -3.95. The summed E-state index contributed by atoms with van der Waals surface area (Å²) in [6.07, 6.45) is 3.52. The molecule has 3 aromatic rings. The summed E-state index contributed by atoms with van der Waals surface area (Å²) in [6, 6.07) is 23.0. The fraction of sp³-hybridized carbons (Fsp3) is 0.200. The number of nitrogens with zero attached hydrogens (tertiary/aromatic N) is 2. The van der Waals surface area contributed by atoms with Gasteiger partial charge in [0.15, 0.2) is 0 Å². The van der Waals surface area contributed by atoms with E-state index in [0.29, 0.717) is 11.6 Å². The summed E-state index contributed by atoms with van der Waals surface area (Å²) in [4.78, 5) is 13.9. The molecule has 0 heterocycles. The average Bonchev–Trinajstić information content (AvgIpc) is 2.83. The lowest BCUT2D eigenvalue weighted by Crippen LogP contribution is -2.39. The Bertz CT molecular complexity index is 1190. The maximum absolute atomic E-state index is 13.3. The van der Waals surface area contributed by atoms with Crippen molar-refractivity contribution in [1.82, 2.24) is 5.43 Å². The monoisotopic (exact) mass is 481 g/mol. The van der Waals surface area contributed by atoms with Crippen LogP contribution in [0.4, 0.5) is 5.69 Å². The smallest absolute Gasteiger partial charge is 0.264 e. The van der Waals surface area contributed by atoms with Crippen molar-refractivity contribution in [3.63, 3.8) is 0 Å². The van der Waals surface area contributed by atoms with Crippen molar-refractivity contribution < 1.29 is 13.2 Å². The largest absolute Gasteiger partial charge is 0.271 e. The molecule has 0 aliphatic carbocycles. The zero-order valence-electron chi connectivity index (χ0n) is 18.8. The summed E-state index contributed by atoms with van der Waals surface area (Å²) in [5.41, 5.74) is 4.75. The van der Waals surface area contributed by atoms with Crippen LogP contribution < -0.4 is 9.73 Å². The number of carbonyl (C=O) groups excluding carboxylic acids is 1. The topological polar surface area (TPSA) is 78.8 Å². The summed E-state index contributed by atoms with van der Waals surface area (Å²) in [7, 11) is -3.95. The summed E-state index contributed by atoms with van der Waals surface area (Å²) in [6.45, 7) is 3.72. The minimum absolute atomic E-state index is 0.114. The predicted octanol–water partition coefficient (Wildman–Crippen LogP) is 4.88. The highest BCUT2D eigenvalue weighted by Crippen LogP contribution is 2.25. The first-order chi connectivity index (χ1) is 15.8. The van der Waals surface area contributed by atoms with Gasteiger partial charge >= 0.3 is 0 Å². The molecule has 0 saturated heterocycles. The van der Waals surface area contributed by atoms with Gasteiger partial charge in [-0.25, -0.2) is 13.8 Å². The fourth-order valence-corrected chi connectivity index (χ4v) is 4.95. The lowest BCUT2D eigenvalue weighted by atomic mass is 10.0. The van der Waals surface area contributed by atoms with E-state index in [1.807, 2.05) is 42.7 Å². The van der Waals surface area contributed by atoms with Gasteiger partial charge in [-0.15, -0.1) is 11.8 Å². The Morgan fingerprint density at radius 1 is 1.00 bits per heavy atom. The van der Waals surface area contributed by atoms with Crippen molar-refractivity contribution in [2.45, 2.75) is 29.6 Å². The molecule has 172 valence electrons. The fourth-order valence-electron chi connectivity index (χ4n) is 3.09. The number of amides is 1. The molecule has 6 nitrogen and oxygen atoms in total. The van der Waals surface area contributed by atoms with Gasteiger partial charge < -0.3 is 0 Å². The maximum atomic E-state index is 13.3. The molecule has 0 saturated carbocycles. The Kier molecular flexibility index (Phi) is 8.30. The number of anilines is 1. The third kappa shape index (κ3) is 6.46. The Hall–Kier alpha value is -3.10. The highest BCUT2D eigenvalue weighted by Gasteiger charge is 2.27. The molecule has 0 aliphatic heterocycles. The molecule has 0 bridgehead atoms. The van der Waals surface area contributed by atoms with Crippen LogP contribution >= 0.6 is 11.8 Å².